The van der Waals surface area contributed by atoms with Crippen molar-refractivity contribution in [3.8, 4) is 5.75 Å². The van der Waals surface area contributed by atoms with E-state index in [2.05, 4.69) is 5.32 Å². The molecular formula is C14H14ClNO2S. The van der Waals surface area contributed by atoms with Gasteiger partial charge in [-0.15, -0.1) is 11.3 Å². The number of thiophene rings is 1. The number of anilines is 1. The summed E-state index contributed by atoms with van der Waals surface area (Å²) in [5.74, 6) is 0.504. The number of para-hydroxylation sites is 2. The van der Waals surface area contributed by atoms with Gasteiger partial charge in [0.15, 0.2) is 0 Å². The molecule has 0 fully saturated rings. The first-order valence-corrected chi connectivity index (χ1v) is 7.18. The number of halogens is 1. The third-order valence-electron chi connectivity index (χ3n) is 2.39. The van der Waals surface area contributed by atoms with Gasteiger partial charge in [-0.3, -0.25) is 4.79 Å². The first-order valence-electron chi connectivity index (χ1n) is 5.99. The maximum atomic E-state index is 12.0. The summed E-state index contributed by atoms with van der Waals surface area (Å²) in [5.41, 5.74) is 0.672. The number of benzene rings is 1. The Morgan fingerprint density at radius 2 is 2.11 bits per heavy atom. The van der Waals surface area contributed by atoms with Crippen LogP contribution in [0.3, 0.4) is 0 Å². The van der Waals surface area contributed by atoms with Gasteiger partial charge in [-0.25, -0.2) is 0 Å². The van der Waals surface area contributed by atoms with Crippen molar-refractivity contribution in [3.05, 3.63) is 45.6 Å². The molecule has 0 unspecified atom stereocenters. The number of hydrogen-bond donors (Lipinski definition) is 1. The van der Waals surface area contributed by atoms with Gasteiger partial charge in [-0.2, -0.15) is 0 Å². The van der Waals surface area contributed by atoms with Crippen LogP contribution in [0.5, 0.6) is 5.75 Å². The van der Waals surface area contributed by atoms with Crippen molar-refractivity contribution in [2.75, 3.05) is 11.9 Å². The third kappa shape index (κ3) is 3.72. The van der Waals surface area contributed by atoms with Crippen molar-refractivity contribution in [2.45, 2.75) is 13.3 Å². The highest BCUT2D eigenvalue weighted by molar-refractivity contribution is 7.18. The zero-order valence-corrected chi connectivity index (χ0v) is 12.1. The summed E-state index contributed by atoms with van der Waals surface area (Å²) in [5, 5.41) is 2.84. The number of nitrogens with one attached hydrogen (secondary N) is 1. The molecule has 2 aromatic rings. The molecule has 1 aromatic carbocycles. The van der Waals surface area contributed by atoms with Crippen molar-refractivity contribution in [3.63, 3.8) is 0 Å². The van der Waals surface area contributed by atoms with E-state index in [1.165, 1.54) is 11.3 Å². The summed E-state index contributed by atoms with van der Waals surface area (Å²) in [4.78, 5) is 12.6. The Hall–Kier alpha value is -1.52. The maximum Gasteiger partial charge on any atom is 0.265 e. The fourth-order valence-corrected chi connectivity index (χ4v) is 2.47. The fraction of sp³-hybridized carbons (Fsp3) is 0.214. The monoisotopic (exact) mass is 295 g/mol. The number of hydrogen-bond acceptors (Lipinski definition) is 3. The topological polar surface area (TPSA) is 38.3 Å². The van der Waals surface area contributed by atoms with Gasteiger partial charge in [0.25, 0.3) is 5.91 Å². The molecule has 1 aromatic heterocycles. The minimum absolute atomic E-state index is 0.176. The highest BCUT2D eigenvalue weighted by atomic mass is 35.5. The van der Waals surface area contributed by atoms with Gasteiger partial charge < -0.3 is 10.1 Å². The largest absolute Gasteiger partial charge is 0.491 e. The van der Waals surface area contributed by atoms with Crippen molar-refractivity contribution in [1.82, 2.24) is 0 Å². The second kappa shape index (κ2) is 6.59. The first kappa shape index (κ1) is 13.9. The molecule has 0 bridgehead atoms. The molecule has 19 heavy (non-hydrogen) atoms. The lowest BCUT2D eigenvalue weighted by atomic mass is 10.3. The number of carbonyl (C=O) groups excluding carboxylic acids is 1. The molecule has 0 atom stereocenters. The molecule has 1 heterocycles. The van der Waals surface area contributed by atoms with Gasteiger partial charge >= 0.3 is 0 Å². The fourth-order valence-electron chi connectivity index (χ4n) is 1.53. The van der Waals surface area contributed by atoms with Crippen LogP contribution in [-0.2, 0) is 0 Å². The average molecular weight is 296 g/mol. The smallest absolute Gasteiger partial charge is 0.265 e. The number of carbonyl (C=O) groups is 1. The van der Waals surface area contributed by atoms with E-state index >= 15 is 0 Å². The van der Waals surface area contributed by atoms with Crippen LogP contribution in [0.2, 0.25) is 4.34 Å². The van der Waals surface area contributed by atoms with E-state index in [4.69, 9.17) is 16.3 Å². The molecule has 1 N–H and O–H groups in total. The number of amides is 1. The van der Waals surface area contributed by atoms with Crippen LogP contribution >= 0.6 is 22.9 Å². The van der Waals surface area contributed by atoms with Crippen molar-refractivity contribution in [1.29, 1.82) is 0 Å². The van der Waals surface area contributed by atoms with E-state index in [1.807, 2.05) is 31.2 Å². The van der Waals surface area contributed by atoms with E-state index in [1.54, 1.807) is 12.1 Å². The van der Waals surface area contributed by atoms with Gasteiger partial charge in [-0.05, 0) is 30.7 Å². The van der Waals surface area contributed by atoms with Crippen molar-refractivity contribution in [2.24, 2.45) is 0 Å². The lowest BCUT2D eigenvalue weighted by molar-refractivity contribution is 0.103. The molecule has 3 nitrogen and oxygen atoms in total. The first-order chi connectivity index (χ1) is 9.20. The Morgan fingerprint density at radius 1 is 1.32 bits per heavy atom. The molecule has 5 heteroatoms. The summed E-state index contributed by atoms with van der Waals surface area (Å²) >= 11 is 7.07. The van der Waals surface area contributed by atoms with Gasteiger partial charge in [0, 0.05) is 0 Å². The quantitative estimate of drug-likeness (QED) is 0.885. The van der Waals surface area contributed by atoms with Crippen LogP contribution in [0, 0.1) is 0 Å². The highest BCUT2D eigenvalue weighted by Crippen LogP contribution is 2.26. The molecule has 0 radical (unpaired) electrons. The zero-order valence-electron chi connectivity index (χ0n) is 10.5. The van der Waals surface area contributed by atoms with Gasteiger partial charge in [0.2, 0.25) is 0 Å². The average Bonchev–Trinajstić information content (AvgIpc) is 2.84. The zero-order chi connectivity index (χ0) is 13.7. The summed E-state index contributed by atoms with van der Waals surface area (Å²) in [6.07, 6.45) is 0.919. The van der Waals surface area contributed by atoms with Gasteiger partial charge in [-0.1, -0.05) is 30.7 Å². The Kier molecular flexibility index (Phi) is 4.82. The SMILES string of the molecule is CCCOc1ccccc1NC(=O)c1ccc(Cl)s1. The highest BCUT2D eigenvalue weighted by Gasteiger charge is 2.11. The van der Waals surface area contributed by atoms with Gasteiger partial charge in [0.1, 0.15) is 5.75 Å². The van der Waals surface area contributed by atoms with Gasteiger partial charge in [0.05, 0.1) is 21.5 Å². The second-order valence-electron chi connectivity index (χ2n) is 3.90. The minimum Gasteiger partial charge on any atom is -0.491 e. The molecule has 0 aliphatic rings. The minimum atomic E-state index is -0.176. The Bertz CT molecular complexity index is 568. The van der Waals surface area contributed by atoms with E-state index in [9.17, 15) is 4.79 Å². The standard InChI is InChI=1S/C14H14ClNO2S/c1-2-9-18-11-6-4-3-5-10(11)16-14(17)12-7-8-13(15)19-12/h3-8H,2,9H2,1H3,(H,16,17). The molecule has 100 valence electrons. The van der Waals surface area contributed by atoms with Crippen LogP contribution in [0.15, 0.2) is 36.4 Å². The van der Waals surface area contributed by atoms with Crippen molar-refractivity contribution < 1.29 is 9.53 Å². The number of rotatable bonds is 5. The van der Waals surface area contributed by atoms with Crippen LogP contribution in [-0.4, -0.2) is 12.5 Å². The van der Waals surface area contributed by atoms with E-state index in [0.29, 0.717) is 27.3 Å². The Labute approximate surface area is 121 Å². The lowest BCUT2D eigenvalue weighted by Crippen LogP contribution is -2.11. The molecule has 0 aliphatic carbocycles. The van der Waals surface area contributed by atoms with Crippen LogP contribution in [0.1, 0.15) is 23.0 Å². The lowest BCUT2D eigenvalue weighted by Gasteiger charge is -2.11. The predicted molar refractivity (Wildman–Crippen MR) is 79.5 cm³/mol. The summed E-state index contributed by atoms with van der Waals surface area (Å²) in [7, 11) is 0. The van der Waals surface area contributed by atoms with Crippen LogP contribution in [0.25, 0.3) is 0 Å². The predicted octanol–water partition coefficient (Wildman–Crippen LogP) is 4.44. The molecule has 0 aliphatic heterocycles. The molecule has 0 spiro atoms. The molecule has 1 amide bonds. The van der Waals surface area contributed by atoms with E-state index in [0.717, 1.165) is 6.42 Å². The molecule has 2 rings (SSSR count). The van der Waals surface area contributed by atoms with Crippen molar-refractivity contribution >= 4 is 34.5 Å². The molecule has 0 saturated heterocycles. The molecular weight excluding hydrogens is 282 g/mol. The third-order valence-corrected chi connectivity index (χ3v) is 3.62. The molecule has 0 saturated carbocycles. The number of ether oxygens (including phenoxy) is 1. The van der Waals surface area contributed by atoms with Crippen LogP contribution in [0.4, 0.5) is 5.69 Å². The summed E-state index contributed by atoms with van der Waals surface area (Å²) < 4.78 is 6.19. The second-order valence-corrected chi connectivity index (χ2v) is 5.62. The Morgan fingerprint density at radius 3 is 2.79 bits per heavy atom. The summed E-state index contributed by atoms with van der Waals surface area (Å²) in [6, 6.07) is 10.8. The maximum absolute atomic E-state index is 12.0. The van der Waals surface area contributed by atoms with E-state index in [-0.39, 0.29) is 5.91 Å². The summed E-state index contributed by atoms with van der Waals surface area (Å²) in [6.45, 7) is 2.66. The Balaban J connectivity index is 2.12. The van der Waals surface area contributed by atoms with Crippen LogP contribution < -0.4 is 10.1 Å². The normalized spacial score (nSPS) is 10.2. The van der Waals surface area contributed by atoms with E-state index < -0.39 is 0 Å².